The topological polar surface area (TPSA) is 158 Å². The second-order valence-corrected chi connectivity index (χ2v) is 8.59. The van der Waals surface area contributed by atoms with Crippen LogP contribution in [0.15, 0.2) is 42.9 Å². The molecule has 0 unspecified atom stereocenters. The van der Waals surface area contributed by atoms with Crippen molar-refractivity contribution >= 4 is 51.5 Å². The lowest BCUT2D eigenvalue weighted by Gasteiger charge is -2.18. The van der Waals surface area contributed by atoms with E-state index in [1.54, 1.807) is 30.5 Å². The van der Waals surface area contributed by atoms with Crippen LogP contribution in [0.5, 0.6) is 5.75 Å². The van der Waals surface area contributed by atoms with Gasteiger partial charge in [-0.1, -0.05) is 6.07 Å². The highest BCUT2D eigenvalue weighted by molar-refractivity contribution is 7.13. The first-order valence-corrected chi connectivity index (χ1v) is 11.0. The van der Waals surface area contributed by atoms with Crippen LogP contribution in [-0.2, 0) is 17.9 Å². The molecule has 3 aromatic heterocycles. The monoisotopic (exact) mass is 478 g/mol. The number of rotatable bonds is 7. The Balaban J connectivity index is 1.28. The maximum atomic E-state index is 12.8. The molecule has 0 saturated carbocycles. The third-order valence-corrected chi connectivity index (χ3v) is 6.21. The minimum absolute atomic E-state index is 0.0174. The number of aromatic amines is 1. The third-order valence-electron chi connectivity index (χ3n) is 5.13. The minimum Gasteiger partial charge on any atom is -0.482 e. The molecule has 1 aliphatic rings. The number of amides is 2. The Morgan fingerprint density at radius 1 is 1.18 bits per heavy atom. The van der Waals surface area contributed by atoms with Crippen LogP contribution in [0.1, 0.15) is 30.6 Å². The van der Waals surface area contributed by atoms with Gasteiger partial charge in [0.25, 0.3) is 11.8 Å². The van der Waals surface area contributed by atoms with E-state index in [9.17, 15) is 14.4 Å². The molecule has 1 aromatic carbocycles. The zero-order valence-electron chi connectivity index (χ0n) is 17.5. The fourth-order valence-corrected chi connectivity index (χ4v) is 4.31. The number of carbonyl (C=O) groups excluding carboxylic acids is 2. The van der Waals surface area contributed by atoms with Gasteiger partial charge >= 0.3 is 5.97 Å². The Morgan fingerprint density at radius 2 is 2.06 bits per heavy atom. The van der Waals surface area contributed by atoms with Gasteiger partial charge in [-0.3, -0.25) is 9.59 Å². The van der Waals surface area contributed by atoms with Crippen molar-refractivity contribution < 1.29 is 24.2 Å². The number of thiophene rings is 1. The van der Waals surface area contributed by atoms with Gasteiger partial charge in [-0.05, 0) is 29.8 Å². The highest BCUT2D eigenvalue weighted by Crippen LogP contribution is 2.28. The normalized spacial score (nSPS) is 12.5. The number of anilines is 2. The van der Waals surface area contributed by atoms with E-state index in [0.717, 1.165) is 10.4 Å². The van der Waals surface area contributed by atoms with Crippen molar-refractivity contribution in [1.82, 2.24) is 20.3 Å². The summed E-state index contributed by atoms with van der Waals surface area (Å²) in [6.07, 6.45) is 3.00. The number of carboxylic acids is 1. The van der Waals surface area contributed by atoms with Gasteiger partial charge in [-0.2, -0.15) is 0 Å². The number of carboxylic acid groups (broad SMARTS) is 1. The van der Waals surface area contributed by atoms with Gasteiger partial charge in [0.2, 0.25) is 0 Å². The van der Waals surface area contributed by atoms with Crippen LogP contribution in [0.25, 0.3) is 11.0 Å². The van der Waals surface area contributed by atoms with Gasteiger partial charge in [0.05, 0.1) is 16.9 Å². The number of hydrogen-bond acceptors (Lipinski definition) is 8. The quantitative estimate of drug-likeness (QED) is 0.271. The van der Waals surface area contributed by atoms with Gasteiger partial charge in [-0.25, -0.2) is 14.8 Å². The van der Waals surface area contributed by atoms with Crippen molar-refractivity contribution in [2.75, 3.05) is 17.2 Å². The average molecular weight is 478 g/mol. The number of fused-ring (bicyclic) bond motifs is 2. The van der Waals surface area contributed by atoms with Gasteiger partial charge < -0.3 is 30.8 Å². The number of nitrogens with one attached hydrogen (secondary N) is 4. The molecular formula is C22H18N6O5S. The van der Waals surface area contributed by atoms with Crippen molar-refractivity contribution in [2.45, 2.75) is 13.1 Å². The summed E-state index contributed by atoms with van der Waals surface area (Å²) in [5.74, 6) is -0.988. The largest absolute Gasteiger partial charge is 0.482 e. The van der Waals surface area contributed by atoms with E-state index in [4.69, 9.17) is 9.84 Å². The fourth-order valence-electron chi connectivity index (χ4n) is 3.52. The van der Waals surface area contributed by atoms with Crippen LogP contribution < -0.4 is 20.7 Å². The summed E-state index contributed by atoms with van der Waals surface area (Å²) in [5.41, 5.74) is 3.23. The molecule has 0 aliphatic carbocycles. The second kappa shape index (κ2) is 8.83. The van der Waals surface area contributed by atoms with Crippen LogP contribution in [0.4, 0.5) is 11.4 Å². The maximum Gasteiger partial charge on any atom is 0.345 e. The Labute approximate surface area is 196 Å². The van der Waals surface area contributed by atoms with Crippen molar-refractivity contribution in [1.29, 1.82) is 0 Å². The molecule has 4 aromatic rings. The van der Waals surface area contributed by atoms with Crippen LogP contribution in [0, 0.1) is 0 Å². The molecule has 2 amide bonds. The summed E-state index contributed by atoms with van der Waals surface area (Å²) >= 11 is 1.19. The SMILES string of the molecule is O=C1COc2ccc(CNC(=O)c3ncnc4c(NCc5ccc(C(=O)O)s5)c[nH]c34)cc2N1. The minimum atomic E-state index is -0.958. The Bertz CT molecular complexity index is 1430. The second-order valence-electron chi connectivity index (χ2n) is 7.42. The number of ether oxygens (including phenoxy) is 1. The summed E-state index contributed by atoms with van der Waals surface area (Å²) in [6, 6.07) is 8.62. The smallest absolute Gasteiger partial charge is 0.345 e. The van der Waals surface area contributed by atoms with E-state index in [0.29, 0.717) is 34.7 Å². The molecule has 5 N–H and O–H groups in total. The molecule has 12 heteroatoms. The molecule has 0 bridgehead atoms. The third kappa shape index (κ3) is 4.26. The Kier molecular flexibility index (Phi) is 5.55. The fraction of sp³-hybridized carbons (Fsp3) is 0.136. The van der Waals surface area contributed by atoms with E-state index in [1.165, 1.54) is 17.7 Å². The zero-order valence-corrected chi connectivity index (χ0v) is 18.4. The predicted octanol–water partition coefficient (Wildman–Crippen LogP) is 2.59. The van der Waals surface area contributed by atoms with Gasteiger partial charge in [0.1, 0.15) is 22.5 Å². The number of H-pyrrole nitrogens is 1. The van der Waals surface area contributed by atoms with E-state index in [2.05, 4.69) is 30.9 Å². The van der Waals surface area contributed by atoms with Gasteiger partial charge in [0.15, 0.2) is 12.3 Å². The van der Waals surface area contributed by atoms with Crippen molar-refractivity contribution in [3.63, 3.8) is 0 Å². The summed E-state index contributed by atoms with van der Waals surface area (Å²) < 4.78 is 5.34. The van der Waals surface area contributed by atoms with Crippen molar-refractivity contribution in [3.8, 4) is 5.75 Å². The molecule has 1 aliphatic heterocycles. The molecule has 4 heterocycles. The summed E-state index contributed by atoms with van der Waals surface area (Å²) in [4.78, 5) is 48.0. The van der Waals surface area contributed by atoms with Crippen molar-refractivity contribution in [2.24, 2.45) is 0 Å². The van der Waals surface area contributed by atoms with Crippen LogP contribution in [0.3, 0.4) is 0 Å². The first-order chi connectivity index (χ1) is 16.5. The van der Waals surface area contributed by atoms with Gasteiger partial charge in [0, 0.05) is 24.2 Å². The summed E-state index contributed by atoms with van der Waals surface area (Å²) in [5, 5.41) is 17.8. The Hall–Kier alpha value is -4.45. The molecule has 172 valence electrons. The van der Waals surface area contributed by atoms with Crippen LogP contribution in [0.2, 0.25) is 0 Å². The average Bonchev–Trinajstić information content (AvgIpc) is 3.48. The Morgan fingerprint density at radius 3 is 2.88 bits per heavy atom. The molecular weight excluding hydrogens is 460 g/mol. The molecule has 0 fully saturated rings. The molecule has 5 rings (SSSR count). The highest BCUT2D eigenvalue weighted by Gasteiger charge is 2.18. The highest BCUT2D eigenvalue weighted by atomic mass is 32.1. The number of benzene rings is 1. The standard InChI is InChI=1S/C22H18N6O5S/c29-17-9-33-15-3-1-11(5-13(15)28-17)6-25-21(30)20-19-18(26-10-27-20)14(8-24-19)23-7-12-2-4-16(34-12)22(31)32/h1-5,8,10,23-24H,6-7,9H2,(H,25,30)(H,28,29)(H,31,32). The number of carbonyl (C=O) groups is 3. The lowest BCUT2D eigenvalue weighted by molar-refractivity contribution is -0.118. The molecule has 0 saturated heterocycles. The predicted molar refractivity (Wildman–Crippen MR) is 124 cm³/mol. The molecule has 0 spiro atoms. The van der Waals surface area contributed by atoms with Crippen LogP contribution >= 0.6 is 11.3 Å². The van der Waals surface area contributed by atoms with E-state index in [1.807, 2.05) is 6.07 Å². The van der Waals surface area contributed by atoms with Crippen molar-refractivity contribution in [3.05, 3.63) is 63.9 Å². The summed E-state index contributed by atoms with van der Waals surface area (Å²) in [7, 11) is 0. The molecule has 11 nitrogen and oxygen atoms in total. The lowest BCUT2D eigenvalue weighted by Crippen LogP contribution is -2.26. The molecule has 0 radical (unpaired) electrons. The lowest BCUT2D eigenvalue weighted by atomic mass is 10.1. The van der Waals surface area contributed by atoms with E-state index < -0.39 is 5.97 Å². The number of nitrogens with zero attached hydrogens (tertiary/aromatic N) is 2. The number of hydrogen-bond donors (Lipinski definition) is 5. The molecule has 34 heavy (non-hydrogen) atoms. The first kappa shape index (κ1) is 21.4. The summed E-state index contributed by atoms with van der Waals surface area (Å²) in [6.45, 7) is 0.620. The maximum absolute atomic E-state index is 12.8. The number of aromatic nitrogens is 3. The molecule has 0 atom stereocenters. The van der Waals surface area contributed by atoms with E-state index >= 15 is 0 Å². The number of aromatic carboxylic acids is 1. The zero-order chi connectivity index (χ0) is 23.7. The van der Waals surface area contributed by atoms with Gasteiger partial charge in [-0.15, -0.1) is 11.3 Å². The first-order valence-electron chi connectivity index (χ1n) is 10.2. The van der Waals surface area contributed by atoms with Crippen LogP contribution in [-0.4, -0.2) is 44.4 Å². The van der Waals surface area contributed by atoms with E-state index in [-0.39, 0.29) is 35.5 Å².